The molecule has 6 nitrogen and oxygen atoms in total. The van der Waals surface area contributed by atoms with Crippen LogP contribution in [0.1, 0.15) is 6.92 Å². The van der Waals surface area contributed by atoms with E-state index in [1.807, 2.05) is 0 Å². The van der Waals surface area contributed by atoms with E-state index in [9.17, 15) is 13.2 Å². The third-order valence-electron chi connectivity index (χ3n) is 1.34. The average Bonchev–Trinajstić information content (AvgIpc) is 1.97. The second kappa shape index (κ2) is 4.27. The van der Waals surface area contributed by atoms with Crippen LogP contribution in [-0.4, -0.2) is 33.3 Å². The third kappa shape index (κ3) is 4.14. The Labute approximate surface area is 71.6 Å². The molecule has 1 unspecified atom stereocenters. The van der Waals surface area contributed by atoms with Crippen molar-refractivity contribution in [1.82, 2.24) is 10.6 Å². The van der Waals surface area contributed by atoms with Crippen LogP contribution in [0.15, 0.2) is 0 Å². The number of nitrogens with one attached hydrogen (secondary N) is 2. The summed E-state index contributed by atoms with van der Waals surface area (Å²) in [6.45, 7) is 1.43. The van der Waals surface area contributed by atoms with Gasteiger partial charge in [-0.1, -0.05) is 0 Å². The van der Waals surface area contributed by atoms with Gasteiger partial charge in [0.05, 0.1) is 5.25 Å². The van der Waals surface area contributed by atoms with Crippen LogP contribution in [0.4, 0.5) is 4.79 Å². The molecule has 0 aliphatic rings. The van der Waals surface area contributed by atoms with Gasteiger partial charge >= 0.3 is 6.03 Å². The van der Waals surface area contributed by atoms with Crippen molar-refractivity contribution in [2.45, 2.75) is 12.2 Å². The highest BCUT2D eigenvalue weighted by molar-refractivity contribution is 7.89. The number of primary sulfonamides is 1. The van der Waals surface area contributed by atoms with E-state index < -0.39 is 21.3 Å². The highest BCUT2D eigenvalue weighted by Crippen LogP contribution is 1.91. The van der Waals surface area contributed by atoms with Gasteiger partial charge in [-0.3, -0.25) is 0 Å². The predicted molar refractivity (Wildman–Crippen MR) is 45.0 cm³/mol. The summed E-state index contributed by atoms with van der Waals surface area (Å²) < 4.78 is 21.3. The van der Waals surface area contributed by atoms with E-state index in [-0.39, 0.29) is 6.54 Å². The number of rotatable bonds is 3. The molecule has 0 aromatic rings. The van der Waals surface area contributed by atoms with Crippen LogP contribution in [0, 0.1) is 0 Å². The van der Waals surface area contributed by atoms with Crippen LogP contribution in [0.2, 0.25) is 0 Å². The molecular weight excluding hydrogens is 182 g/mol. The Balaban J connectivity index is 3.88. The molecule has 0 aliphatic heterocycles. The van der Waals surface area contributed by atoms with Gasteiger partial charge in [0.1, 0.15) is 0 Å². The Morgan fingerprint density at radius 2 is 2.08 bits per heavy atom. The molecule has 0 bridgehead atoms. The van der Waals surface area contributed by atoms with E-state index >= 15 is 0 Å². The maximum atomic E-state index is 10.6. The molecule has 0 rings (SSSR count). The molecule has 2 amide bonds. The molecule has 4 N–H and O–H groups in total. The molecule has 0 aromatic carbocycles. The smallest absolute Gasteiger partial charge is 0.314 e. The predicted octanol–water partition coefficient (Wildman–Crippen LogP) is -1.41. The quantitative estimate of drug-likeness (QED) is 0.515. The van der Waals surface area contributed by atoms with Crippen molar-refractivity contribution in [3.05, 3.63) is 0 Å². The van der Waals surface area contributed by atoms with Crippen LogP contribution in [0.5, 0.6) is 0 Å². The summed E-state index contributed by atoms with van der Waals surface area (Å²) in [4.78, 5) is 10.6. The lowest BCUT2D eigenvalue weighted by Gasteiger charge is -2.09. The summed E-state index contributed by atoms with van der Waals surface area (Å²) >= 11 is 0. The number of hydrogen-bond acceptors (Lipinski definition) is 3. The molecule has 12 heavy (non-hydrogen) atoms. The molecule has 0 spiro atoms. The first-order valence-electron chi connectivity index (χ1n) is 3.35. The van der Waals surface area contributed by atoms with Gasteiger partial charge in [0.2, 0.25) is 10.0 Å². The lowest BCUT2D eigenvalue weighted by atomic mass is 10.5. The number of carbonyl (C=O) groups is 1. The zero-order valence-electron chi connectivity index (χ0n) is 6.99. The van der Waals surface area contributed by atoms with Crippen LogP contribution in [0.3, 0.4) is 0 Å². The van der Waals surface area contributed by atoms with E-state index in [0.29, 0.717) is 0 Å². The van der Waals surface area contributed by atoms with Crippen molar-refractivity contribution in [2.24, 2.45) is 5.14 Å². The summed E-state index contributed by atoms with van der Waals surface area (Å²) in [6, 6.07) is -0.425. The first-order valence-corrected chi connectivity index (χ1v) is 4.96. The van der Waals surface area contributed by atoms with Gasteiger partial charge in [-0.2, -0.15) is 0 Å². The molecule has 0 fully saturated rings. The minimum absolute atomic E-state index is 0.0124. The van der Waals surface area contributed by atoms with Crippen molar-refractivity contribution < 1.29 is 13.2 Å². The van der Waals surface area contributed by atoms with Gasteiger partial charge in [-0.15, -0.1) is 0 Å². The number of hydrogen-bond donors (Lipinski definition) is 3. The van der Waals surface area contributed by atoms with Gasteiger partial charge in [0.15, 0.2) is 0 Å². The zero-order valence-corrected chi connectivity index (χ0v) is 7.81. The third-order valence-corrected chi connectivity index (χ3v) is 2.63. The van der Waals surface area contributed by atoms with Gasteiger partial charge in [-0.25, -0.2) is 18.4 Å². The minimum atomic E-state index is -3.55. The fourth-order valence-electron chi connectivity index (χ4n) is 0.441. The van der Waals surface area contributed by atoms with Crippen LogP contribution in [-0.2, 0) is 10.0 Å². The highest BCUT2D eigenvalue weighted by Gasteiger charge is 2.15. The lowest BCUT2D eigenvalue weighted by Crippen LogP contribution is -2.41. The van der Waals surface area contributed by atoms with Crippen molar-refractivity contribution in [1.29, 1.82) is 0 Å². The first kappa shape index (κ1) is 11.2. The monoisotopic (exact) mass is 195 g/mol. The van der Waals surface area contributed by atoms with Gasteiger partial charge < -0.3 is 10.6 Å². The first-order chi connectivity index (χ1) is 5.38. The summed E-state index contributed by atoms with van der Waals surface area (Å²) in [5.74, 6) is 0. The molecule has 0 aromatic heterocycles. The molecule has 0 radical (unpaired) electrons. The van der Waals surface area contributed by atoms with Crippen molar-refractivity contribution in [3.8, 4) is 0 Å². The normalized spacial score (nSPS) is 13.6. The van der Waals surface area contributed by atoms with E-state index in [0.717, 1.165) is 0 Å². The summed E-state index contributed by atoms with van der Waals surface area (Å²) in [5, 5.41) is 8.65. The Bertz CT molecular complexity index is 249. The molecule has 0 heterocycles. The van der Waals surface area contributed by atoms with E-state index in [1.165, 1.54) is 14.0 Å². The standard InChI is InChI=1S/C5H13N3O3S/c1-4(12(6,10)11)3-8-5(9)7-2/h4H,3H2,1-2H3,(H2,6,10,11)(H2,7,8,9). The Kier molecular flexibility index (Phi) is 3.98. The summed E-state index contributed by atoms with van der Waals surface area (Å²) in [7, 11) is -2.11. The van der Waals surface area contributed by atoms with Crippen molar-refractivity contribution in [2.75, 3.05) is 13.6 Å². The zero-order chi connectivity index (χ0) is 9.78. The van der Waals surface area contributed by atoms with Crippen LogP contribution in [0.25, 0.3) is 0 Å². The molecule has 0 saturated heterocycles. The van der Waals surface area contributed by atoms with Gasteiger partial charge in [0, 0.05) is 13.6 Å². The largest absolute Gasteiger partial charge is 0.341 e. The Hall–Kier alpha value is -0.820. The second-order valence-corrected chi connectivity index (χ2v) is 4.34. The van der Waals surface area contributed by atoms with E-state index in [4.69, 9.17) is 5.14 Å². The molecule has 0 aliphatic carbocycles. The molecule has 72 valence electrons. The fraction of sp³-hybridized carbons (Fsp3) is 0.800. The van der Waals surface area contributed by atoms with Gasteiger partial charge in [0.25, 0.3) is 0 Å². The fourth-order valence-corrected chi connectivity index (χ4v) is 0.757. The Morgan fingerprint density at radius 3 is 2.42 bits per heavy atom. The lowest BCUT2D eigenvalue weighted by molar-refractivity contribution is 0.243. The molecule has 1 atom stereocenters. The molecular formula is C5H13N3O3S. The average molecular weight is 195 g/mol. The van der Waals surface area contributed by atoms with Crippen molar-refractivity contribution >= 4 is 16.1 Å². The summed E-state index contributed by atoms with van der Waals surface area (Å²) in [5.41, 5.74) is 0. The number of carbonyl (C=O) groups excluding carboxylic acids is 1. The van der Waals surface area contributed by atoms with E-state index in [1.54, 1.807) is 0 Å². The number of urea groups is 1. The molecule has 0 saturated carbocycles. The van der Waals surface area contributed by atoms with Crippen LogP contribution < -0.4 is 15.8 Å². The topological polar surface area (TPSA) is 101 Å². The SMILES string of the molecule is CNC(=O)NCC(C)S(N)(=O)=O. The second-order valence-electron chi connectivity index (χ2n) is 2.36. The highest BCUT2D eigenvalue weighted by atomic mass is 32.2. The van der Waals surface area contributed by atoms with Gasteiger partial charge in [-0.05, 0) is 6.92 Å². The maximum absolute atomic E-state index is 10.6. The minimum Gasteiger partial charge on any atom is -0.341 e. The number of nitrogens with two attached hydrogens (primary N) is 1. The van der Waals surface area contributed by atoms with Crippen LogP contribution >= 0.6 is 0 Å². The maximum Gasteiger partial charge on any atom is 0.314 e. The Morgan fingerprint density at radius 1 is 1.58 bits per heavy atom. The van der Waals surface area contributed by atoms with E-state index in [2.05, 4.69) is 10.6 Å². The number of amides is 2. The number of sulfonamides is 1. The molecule has 7 heteroatoms. The summed E-state index contributed by atoms with van der Waals surface area (Å²) in [6.07, 6.45) is 0. The van der Waals surface area contributed by atoms with Crippen molar-refractivity contribution in [3.63, 3.8) is 0 Å².